The molecule has 116 valence electrons. The van der Waals surface area contributed by atoms with Gasteiger partial charge in [-0.1, -0.05) is 13.8 Å². The summed E-state index contributed by atoms with van der Waals surface area (Å²) in [6.07, 6.45) is 2.31. The number of ketones is 1. The number of hydrogen-bond acceptors (Lipinski definition) is 5. The standard InChI is InChI=1S/C16H22O5/c1-4-11(3)16(20)15-13(18)7-12(8-14(15)19)21-6-5-10(2)9-17/h5,7-8,11,17-19H,4,6,9H2,1-3H3/b10-5+/t11-/m1/s1. The van der Waals surface area contributed by atoms with Crippen molar-refractivity contribution in [2.75, 3.05) is 13.2 Å². The molecule has 0 amide bonds. The molecule has 1 rings (SSSR count). The minimum absolute atomic E-state index is 0.0534. The second kappa shape index (κ2) is 7.69. The molecule has 0 unspecified atom stereocenters. The maximum Gasteiger partial charge on any atom is 0.173 e. The molecule has 0 radical (unpaired) electrons. The topological polar surface area (TPSA) is 87.0 Å². The van der Waals surface area contributed by atoms with Crippen molar-refractivity contribution in [2.24, 2.45) is 5.92 Å². The SMILES string of the molecule is CC[C@@H](C)C(=O)c1c(O)cc(OC/C=C(\C)CO)cc1O. The van der Waals surface area contributed by atoms with Crippen LogP contribution in [0.1, 0.15) is 37.6 Å². The molecule has 0 heterocycles. The molecule has 0 aliphatic heterocycles. The van der Waals surface area contributed by atoms with Crippen LogP contribution < -0.4 is 4.74 Å². The Morgan fingerprint density at radius 2 is 1.90 bits per heavy atom. The quantitative estimate of drug-likeness (QED) is 0.531. The second-order valence-corrected chi connectivity index (χ2v) is 5.03. The number of Topliss-reactive ketones (excluding diaryl/α,β-unsaturated/α-hetero) is 1. The second-order valence-electron chi connectivity index (χ2n) is 5.03. The van der Waals surface area contributed by atoms with E-state index in [1.54, 1.807) is 19.9 Å². The predicted molar refractivity (Wildman–Crippen MR) is 79.9 cm³/mol. The number of aromatic hydroxyl groups is 2. The number of rotatable bonds is 7. The van der Waals surface area contributed by atoms with E-state index in [2.05, 4.69) is 0 Å². The number of carbonyl (C=O) groups is 1. The van der Waals surface area contributed by atoms with Gasteiger partial charge in [-0.2, -0.15) is 0 Å². The molecule has 5 heteroatoms. The summed E-state index contributed by atoms with van der Waals surface area (Å²) in [6, 6.07) is 2.61. The highest BCUT2D eigenvalue weighted by Crippen LogP contribution is 2.34. The summed E-state index contributed by atoms with van der Waals surface area (Å²) < 4.78 is 5.34. The molecule has 1 aromatic rings. The summed E-state index contributed by atoms with van der Waals surface area (Å²) in [5.41, 5.74) is 0.686. The van der Waals surface area contributed by atoms with Crippen molar-refractivity contribution in [3.63, 3.8) is 0 Å². The van der Waals surface area contributed by atoms with Gasteiger partial charge in [-0.05, 0) is 25.0 Å². The number of aliphatic hydroxyl groups is 1. The Hall–Kier alpha value is -2.01. The lowest BCUT2D eigenvalue weighted by Gasteiger charge is -2.13. The van der Waals surface area contributed by atoms with E-state index in [0.717, 1.165) is 5.57 Å². The van der Waals surface area contributed by atoms with Crippen LogP contribution in [0.15, 0.2) is 23.8 Å². The van der Waals surface area contributed by atoms with Crippen LogP contribution in [0.2, 0.25) is 0 Å². The number of hydrogen-bond donors (Lipinski definition) is 3. The number of carbonyl (C=O) groups excluding carboxylic acids is 1. The highest BCUT2D eigenvalue weighted by molar-refractivity contribution is 6.02. The minimum Gasteiger partial charge on any atom is -0.507 e. The summed E-state index contributed by atoms with van der Waals surface area (Å²) in [4.78, 5) is 12.1. The van der Waals surface area contributed by atoms with Crippen LogP contribution in [0, 0.1) is 5.92 Å². The van der Waals surface area contributed by atoms with Gasteiger partial charge in [0.25, 0.3) is 0 Å². The molecule has 1 atom stereocenters. The molecule has 5 nitrogen and oxygen atoms in total. The summed E-state index contributed by atoms with van der Waals surface area (Å²) in [5.74, 6) is -0.900. The zero-order valence-electron chi connectivity index (χ0n) is 12.6. The van der Waals surface area contributed by atoms with Crippen molar-refractivity contribution in [3.05, 3.63) is 29.3 Å². The lowest BCUT2D eigenvalue weighted by atomic mass is 9.95. The first-order chi connectivity index (χ1) is 9.90. The number of benzene rings is 1. The van der Waals surface area contributed by atoms with Gasteiger partial charge < -0.3 is 20.1 Å². The van der Waals surface area contributed by atoms with Gasteiger partial charge in [0.2, 0.25) is 0 Å². The van der Waals surface area contributed by atoms with Gasteiger partial charge in [0, 0.05) is 18.1 Å². The first kappa shape index (κ1) is 17.0. The normalized spacial score (nSPS) is 13.0. The summed E-state index contributed by atoms with van der Waals surface area (Å²) in [6.45, 7) is 5.51. The smallest absolute Gasteiger partial charge is 0.173 e. The molecule has 0 saturated carbocycles. The average molecular weight is 294 g/mol. The third kappa shape index (κ3) is 4.49. The number of ether oxygens (including phenoxy) is 1. The molecule has 21 heavy (non-hydrogen) atoms. The summed E-state index contributed by atoms with van der Waals surface area (Å²) in [7, 11) is 0. The van der Waals surface area contributed by atoms with Gasteiger partial charge >= 0.3 is 0 Å². The van der Waals surface area contributed by atoms with Gasteiger partial charge in [0.1, 0.15) is 29.4 Å². The van der Waals surface area contributed by atoms with Gasteiger partial charge in [-0.25, -0.2) is 0 Å². The fourth-order valence-electron chi connectivity index (χ4n) is 1.70. The van der Waals surface area contributed by atoms with E-state index in [9.17, 15) is 15.0 Å². The van der Waals surface area contributed by atoms with E-state index in [1.165, 1.54) is 12.1 Å². The molecule has 0 aliphatic rings. The van der Waals surface area contributed by atoms with Crippen molar-refractivity contribution in [2.45, 2.75) is 27.2 Å². The van der Waals surface area contributed by atoms with Crippen LogP contribution in [0.4, 0.5) is 0 Å². The summed E-state index contributed by atoms with van der Waals surface area (Å²) in [5, 5.41) is 28.7. The van der Waals surface area contributed by atoms with Crippen molar-refractivity contribution in [1.82, 2.24) is 0 Å². The van der Waals surface area contributed by atoms with Crippen molar-refractivity contribution < 1.29 is 24.9 Å². The number of phenols is 2. The zero-order chi connectivity index (χ0) is 16.0. The Morgan fingerprint density at radius 3 is 2.38 bits per heavy atom. The lowest BCUT2D eigenvalue weighted by Crippen LogP contribution is -2.11. The molecule has 0 bridgehead atoms. The average Bonchev–Trinajstić information content (AvgIpc) is 2.45. The van der Waals surface area contributed by atoms with E-state index in [0.29, 0.717) is 6.42 Å². The number of phenolic OH excluding ortho intramolecular Hbond substituents is 2. The van der Waals surface area contributed by atoms with Crippen LogP contribution in [-0.2, 0) is 0 Å². The van der Waals surface area contributed by atoms with Crippen molar-refractivity contribution in [3.8, 4) is 17.2 Å². The molecular weight excluding hydrogens is 272 g/mol. The molecule has 3 N–H and O–H groups in total. The van der Waals surface area contributed by atoms with Gasteiger partial charge in [0.15, 0.2) is 5.78 Å². The van der Waals surface area contributed by atoms with E-state index in [4.69, 9.17) is 9.84 Å². The molecule has 0 aromatic heterocycles. The van der Waals surface area contributed by atoms with Gasteiger partial charge in [0.05, 0.1) is 6.61 Å². The first-order valence-electron chi connectivity index (χ1n) is 6.90. The van der Waals surface area contributed by atoms with Gasteiger partial charge in [-0.3, -0.25) is 4.79 Å². The maximum absolute atomic E-state index is 12.1. The minimum atomic E-state index is -0.296. The van der Waals surface area contributed by atoms with Crippen molar-refractivity contribution >= 4 is 5.78 Å². The molecule has 1 aromatic carbocycles. The zero-order valence-corrected chi connectivity index (χ0v) is 12.6. The van der Waals surface area contributed by atoms with Gasteiger partial charge in [-0.15, -0.1) is 0 Å². The van der Waals surface area contributed by atoms with Crippen LogP contribution in [0.3, 0.4) is 0 Å². The summed E-state index contributed by atoms with van der Waals surface area (Å²) >= 11 is 0. The third-order valence-electron chi connectivity index (χ3n) is 3.31. The van der Waals surface area contributed by atoms with Crippen LogP contribution >= 0.6 is 0 Å². The fourth-order valence-corrected chi connectivity index (χ4v) is 1.70. The highest BCUT2D eigenvalue weighted by Gasteiger charge is 2.22. The molecule has 0 aliphatic carbocycles. The monoisotopic (exact) mass is 294 g/mol. The van der Waals surface area contributed by atoms with Crippen molar-refractivity contribution in [1.29, 1.82) is 0 Å². The van der Waals surface area contributed by atoms with E-state index >= 15 is 0 Å². The first-order valence-corrected chi connectivity index (χ1v) is 6.90. The molecular formula is C16H22O5. The Morgan fingerprint density at radius 1 is 1.33 bits per heavy atom. The van der Waals surface area contributed by atoms with Crippen LogP contribution in [-0.4, -0.2) is 34.3 Å². The predicted octanol–water partition coefficient (Wildman–Crippen LogP) is 2.64. The van der Waals surface area contributed by atoms with E-state index < -0.39 is 0 Å². The van der Waals surface area contributed by atoms with E-state index in [-0.39, 0.29) is 47.7 Å². The fraction of sp³-hybridized carbons (Fsp3) is 0.438. The molecule has 0 saturated heterocycles. The lowest BCUT2D eigenvalue weighted by molar-refractivity contribution is 0.0921. The Balaban J connectivity index is 2.92. The largest absolute Gasteiger partial charge is 0.507 e. The molecule has 0 fully saturated rings. The molecule has 0 spiro atoms. The maximum atomic E-state index is 12.1. The van der Waals surface area contributed by atoms with Crippen LogP contribution in [0.5, 0.6) is 17.2 Å². The van der Waals surface area contributed by atoms with Crippen LogP contribution in [0.25, 0.3) is 0 Å². The third-order valence-corrected chi connectivity index (χ3v) is 3.31. The van der Waals surface area contributed by atoms with E-state index in [1.807, 2.05) is 6.92 Å². The number of aliphatic hydroxyl groups excluding tert-OH is 1. The Bertz CT molecular complexity index is 510. The Labute approximate surface area is 124 Å². The Kier molecular flexibility index (Phi) is 6.24. The highest BCUT2D eigenvalue weighted by atomic mass is 16.5.